The van der Waals surface area contributed by atoms with Crippen molar-refractivity contribution >= 4 is 32.9 Å². The van der Waals surface area contributed by atoms with Gasteiger partial charge in [-0.05, 0) is 15.9 Å². The van der Waals surface area contributed by atoms with E-state index in [9.17, 15) is 10.2 Å². The molecular weight excluding hydrogens is 334 g/mol. The maximum atomic E-state index is 10.2. The van der Waals surface area contributed by atoms with Crippen molar-refractivity contribution in [1.29, 1.82) is 0 Å². The van der Waals surface area contributed by atoms with Crippen LogP contribution in [0.3, 0.4) is 0 Å². The van der Waals surface area contributed by atoms with Crippen LogP contribution in [0.4, 0.5) is 5.82 Å². The predicted molar refractivity (Wildman–Crippen MR) is 70.6 cm³/mol. The SMILES string of the molecule is Nc1ncnc2c1ncn2[C@]1(Br)O[C@H](CO)[C@@H](O)[C@H]1O. The van der Waals surface area contributed by atoms with Crippen LogP contribution in [0.2, 0.25) is 0 Å². The minimum absolute atomic E-state index is 0.191. The number of fused-ring (bicyclic) bond motifs is 1. The highest BCUT2D eigenvalue weighted by Gasteiger charge is 2.54. The largest absolute Gasteiger partial charge is 0.394 e. The second-order valence-corrected chi connectivity index (χ2v) is 5.57. The van der Waals surface area contributed by atoms with Crippen molar-refractivity contribution < 1.29 is 20.1 Å². The first-order valence-corrected chi connectivity index (χ1v) is 6.56. The molecule has 2 aromatic rings. The fourth-order valence-electron chi connectivity index (χ4n) is 2.19. The van der Waals surface area contributed by atoms with Gasteiger partial charge >= 0.3 is 0 Å². The van der Waals surface area contributed by atoms with Gasteiger partial charge in [-0.25, -0.2) is 15.0 Å². The Hall–Kier alpha value is -1.33. The number of ether oxygens (including phenoxy) is 1. The normalized spacial score (nSPS) is 33.9. The van der Waals surface area contributed by atoms with E-state index in [1.54, 1.807) is 0 Å². The van der Waals surface area contributed by atoms with Crippen LogP contribution >= 0.6 is 15.9 Å². The molecule has 20 heavy (non-hydrogen) atoms. The highest BCUT2D eigenvalue weighted by molar-refractivity contribution is 9.09. The van der Waals surface area contributed by atoms with Gasteiger partial charge in [0.05, 0.1) is 6.61 Å². The molecule has 1 saturated heterocycles. The maximum absolute atomic E-state index is 10.2. The Bertz CT molecular complexity index is 652. The second-order valence-electron chi connectivity index (χ2n) is 4.43. The van der Waals surface area contributed by atoms with Crippen LogP contribution in [-0.4, -0.2) is 59.8 Å². The number of nitrogens with two attached hydrogens (primary N) is 1. The number of nitrogen functional groups attached to an aromatic ring is 1. The van der Waals surface area contributed by atoms with Gasteiger partial charge in [0.25, 0.3) is 0 Å². The van der Waals surface area contributed by atoms with E-state index in [-0.39, 0.29) is 5.82 Å². The third kappa shape index (κ3) is 1.73. The zero-order chi connectivity index (χ0) is 14.5. The van der Waals surface area contributed by atoms with Crippen molar-refractivity contribution in [3.63, 3.8) is 0 Å². The summed E-state index contributed by atoms with van der Waals surface area (Å²) >= 11 is 3.24. The molecule has 5 N–H and O–H groups in total. The van der Waals surface area contributed by atoms with Gasteiger partial charge in [-0.1, -0.05) is 0 Å². The molecule has 0 amide bonds. The number of hydrogen-bond acceptors (Lipinski definition) is 8. The monoisotopic (exact) mass is 345 g/mol. The van der Waals surface area contributed by atoms with Gasteiger partial charge in [0, 0.05) is 0 Å². The molecule has 10 heteroatoms. The number of aliphatic hydroxyl groups excluding tert-OH is 3. The summed E-state index contributed by atoms with van der Waals surface area (Å²) in [6, 6.07) is 0. The lowest BCUT2D eigenvalue weighted by molar-refractivity contribution is -0.0722. The number of nitrogens with zero attached hydrogens (tertiary/aromatic N) is 4. The molecule has 0 bridgehead atoms. The summed E-state index contributed by atoms with van der Waals surface area (Å²) in [6.07, 6.45) is -0.890. The topological polar surface area (TPSA) is 140 Å². The van der Waals surface area contributed by atoms with Crippen LogP contribution in [0, 0.1) is 0 Å². The highest BCUT2D eigenvalue weighted by atomic mass is 79.9. The van der Waals surface area contributed by atoms with Gasteiger partial charge < -0.3 is 25.8 Å². The third-order valence-corrected chi connectivity index (χ3v) is 4.29. The summed E-state index contributed by atoms with van der Waals surface area (Å²) in [5, 5.41) is 29.2. The quantitative estimate of drug-likeness (QED) is 0.483. The molecule has 3 heterocycles. The highest BCUT2D eigenvalue weighted by Crippen LogP contribution is 2.42. The first-order valence-electron chi connectivity index (χ1n) is 5.76. The van der Waals surface area contributed by atoms with E-state index in [1.807, 2.05) is 0 Å². The Balaban J connectivity index is 2.13. The molecular formula is C10H12BrN5O4. The zero-order valence-corrected chi connectivity index (χ0v) is 11.7. The second kappa shape index (κ2) is 4.60. The minimum Gasteiger partial charge on any atom is -0.394 e. The Kier molecular flexibility index (Phi) is 3.14. The molecule has 0 spiro atoms. The van der Waals surface area contributed by atoms with Crippen LogP contribution in [-0.2, 0) is 9.37 Å². The average molecular weight is 346 g/mol. The summed E-state index contributed by atoms with van der Waals surface area (Å²) < 4.78 is 5.41. The van der Waals surface area contributed by atoms with Crippen LogP contribution in [0.15, 0.2) is 12.7 Å². The van der Waals surface area contributed by atoms with E-state index in [0.717, 1.165) is 0 Å². The number of hydrogen-bond donors (Lipinski definition) is 4. The first kappa shape index (κ1) is 13.6. The lowest BCUT2D eigenvalue weighted by atomic mass is 10.1. The van der Waals surface area contributed by atoms with Gasteiger partial charge in [-0.2, -0.15) is 0 Å². The lowest BCUT2D eigenvalue weighted by Gasteiger charge is -2.27. The summed E-state index contributed by atoms with van der Waals surface area (Å²) in [6.45, 7) is -0.435. The number of aliphatic hydroxyl groups is 3. The van der Waals surface area contributed by atoms with E-state index < -0.39 is 29.6 Å². The summed E-state index contributed by atoms with van der Waals surface area (Å²) in [5.41, 5.74) is 6.38. The average Bonchev–Trinajstić information content (AvgIpc) is 2.96. The molecule has 0 aliphatic carbocycles. The van der Waals surface area contributed by atoms with Crippen LogP contribution < -0.4 is 5.73 Å². The van der Waals surface area contributed by atoms with Crippen molar-refractivity contribution in [2.75, 3.05) is 12.3 Å². The van der Waals surface area contributed by atoms with Crippen molar-refractivity contribution in [1.82, 2.24) is 19.5 Å². The number of imidazole rings is 1. The van der Waals surface area contributed by atoms with E-state index in [0.29, 0.717) is 11.2 Å². The summed E-state index contributed by atoms with van der Waals surface area (Å²) in [4.78, 5) is 11.9. The Labute approximate surface area is 121 Å². The van der Waals surface area contributed by atoms with Crippen molar-refractivity contribution in [2.24, 2.45) is 0 Å². The molecule has 0 saturated carbocycles. The molecule has 1 aliphatic rings. The van der Waals surface area contributed by atoms with E-state index >= 15 is 0 Å². The van der Waals surface area contributed by atoms with Crippen molar-refractivity contribution in [3.8, 4) is 0 Å². The molecule has 0 aromatic carbocycles. The smallest absolute Gasteiger partial charge is 0.234 e. The molecule has 1 fully saturated rings. The number of rotatable bonds is 2. The van der Waals surface area contributed by atoms with Crippen molar-refractivity contribution in [2.45, 2.75) is 22.9 Å². The minimum atomic E-state index is -1.49. The molecule has 2 aromatic heterocycles. The van der Waals surface area contributed by atoms with E-state index in [1.165, 1.54) is 17.2 Å². The van der Waals surface area contributed by atoms with Gasteiger partial charge in [0.15, 0.2) is 11.5 Å². The number of alkyl halides is 1. The first-order chi connectivity index (χ1) is 9.49. The summed E-state index contributed by atoms with van der Waals surface area (Å²) in [7, 11) is 0. The molecule has 3 rings (SSSR count). The third-order valence-electron chi connectivity index (χ3n) is 3.26. The zero-order valence-electron chi connectivity index (χ0n) is 10.1. The fourth-order valence-corrected chi connectivity index (χ4v) is 2.96. The van der Waals surface area contributed by atoms with E-state index in [2.05, 4.69) is 30.9 Å². The standard InChI is InChI=1S/C10H12BrN5O4/c11-10(7(19)6(18)4(1-17)20-10)16-3-15-5-8(12)13-2-14-9(5)16/h2-4,6-7,17-19H,1H2,(H2,12,13,14)/t4-,6-,7-,10+/m1/s1. The summed E-state index contributed by atoms with van der Waals surface area (Å²) in [5.74, 6) is 0.191. The molecule has 0 radical (unpaired) electrons. The molecule has 9 nitrogen and oxygen atoms in total. The van der Waals surface area contributed by atoms with Crippen LogP contribution in [0.1, 0.15) is 0 Å². The van der Waals surface area contributed by atoms with Gasteiger partial charge in [-0.15, -0.1) is 0 Å². The Morgan fingerprint density at radius 3 is 2.80 bits per heavy atom. The number of anilines is 1. The van der Waals surface area contributed by atoms with Gasteiger partial charge in [0.1, 0.15) is 36.5 Å². The van der Waals surface area contributed by atoms with E-state index in [4.69, 9.17) is 15.6 Å². The fraction of sp³-hybridized carbons (Fsp3) is 0.500. The van der Waals surface area contributed by atoms with Gasteiger partial charge in [-0.3, -0.25) is 4.57 Å². The van der Waals surface area contributed by atoms with Crippen LogP contribution in [0.5, 0.6) is 0 Å². The predicted octanol–water partition coefficient (Wildman–Crippen LogP) is -1.47. The number of aromatic nitrogens is 4. The Morgan fingerprint density at radius 1 is 1.40 bits per heavy atom. The van der Waals surface area contributed by atoms with Crippen LogP contribution in [0.25, 0.3) is 11.2 Å². The molecule has 0 unspecified atom stereocenters. The molecule has 108 valence electrons. The molecule has 1 aliphatic heterocycles. The Morgan fingerprint density at radius 2 is 2.15 bits per heavy atom. The number of halogens is 1. The maximum Gasteiger partial charge on any atom is 0.234 e. The van der Waals surface area contributed by atoms with Crippen molar-refractivity contribution in [3.05, 3.63) is 12.7 Å². The van der Waals surface area contributed by atoms with Gasteiger partial charge in [0.2, 0.25) is 4.63 Å². The molecule has 4 atom stereocenters. The lowest BCUT2D eigenvalue weighted by Crippen LogP contribution is -2.40.